The first-order valence-electron chi connectivity index (χ1n) is 4.82. The lowest BCUT2D eigenvalue weighted by Crippen LogP contribution is -2.41. The Morgan fingerprint density at radius 2 is 1.93 bits per heavy atom. The quantitative estimate of drug-likeness (QED) is 0.679. The summed E-state index contributed by atoms with van der Waals surface area (Å²) in [6.07, 6.45) is 2.09. The first-order valence-corrected chi connectivity index (χ1v) is 10.4. The fraction of sp³-hybridized carbons (Fsp3) is 0.800. The molecule has 0 rings (SSSR count). The molecule has 0 fully saturated rings. The molecule has 0 heterocycles. The molecule has 0 atom stereocenters. The molecule has 14 heavy (non-hydrogen) atoms. The number of halogens is 1. The predicted molar refractivity (Wildman–Crippen MR) is 73.4 cm³/mol. The first kappa shape index (κ1) is 14.7. The Hall–Kier alpha value is 0.747. The van der Waals surface area contributed by atoms with Crippen molar-refractivity contribution in [3.8, 4) is 0 Å². The molecule has 0 amide bonds. The maximum atomic E-state index is 6.06. The summed E-state index contributed by atoms with van der Waals surface area (Å²) in [5.41, 5.74) is 0. The SMILES string of the molecule is C/C=C(/CO[Si](C)(C)C(C)(C)C)SBr. The summed E-state index contributed by atoms with van der Waals surface area (Å²) in [6.45, 7) is 14.1. The Bertz CT molecular complexity index is 209. The average Bonchev–Trinajstić information content (AvgIpc) is 2.04. The van der Waals surface area contributed by atoms with E-state index in [-0.39, 0.29) is 0 Å². The highest BCUT2D eigenvalue weighted by molar-refractivity contribution is 9.50. The molecule has 0 aliphatic carbocycles. The number of allylic oxidation sites excluding steroid dienone is 1. The Labute approximate surface area is 101 Å². The normalized spacial score (nSPS) is 14.6. The molecule has 0 unspecified atom stereocenters. The van der Waals surface area contributed by atoms with Crippen molar-refractivity contribution >= 4 is 33.3 Å². The summed E-state index contributed by atoms with van der Waals surface area (Å²) in [4.78, 5) is 1.25. The van der Waals surface area contributed by atoms with Crippen LogP contribution in [0.25, 0.3) is 0 Å². The van der Waals surface area contributed by atoms with Crippen molar-refractivity contribution in [1.29, 1.82) is 0 Å². The number of hydrogen-bond acceptors (Lipinski definition) is 2. The van der Waals surface area contributed by atoms with Crippen LogP contribution in [-0.2, 0) is 4.43 Å². The van der Waals surface area contributed by atoms with Crippen molar-refractivity contribution in [2.24, 2.45) is 0 Å². The second-order valence-electron chi connectivity index (χ2n) is 4.88. The second kappa shape index (κ2) is 5.73. The van der Waals surface area contributed by atoms with Gasteiger partial charge in [0, 0.05) is 4.91 Å². The van der Waals surface area contributed by atoms with E-state index in [0.29, 0.717) is 5.04 Å². The van der Waals surface area contributed by atoms with E-state index in [1.165, 1.54) is 4.91 Å². The maximum Gasteiger partial charge on any atom is 0.192 e. The second-order valence-corrected chi connectivity index (χ2v) is 11.3. The zero-order chi connectivity index (χ0) is 11.4. The standard InChI is InChI=1S/C10H21BrOSSi/c1-7-9(13-11)8-12-14(5,6)10(2,3)4/h7H,8H2,1-6H3/b9-7-. The molecule has 0 radical (unpaired) electrons. The minimum Gasteiger partial charge on any atom is -0.412 e. The minimum absolute atomic E-state index is 0.294. The van der Waals surface area contributed by atoms with E-state index in [2.05, 4.69) is 54.8 Å². The number of hydrogen-bond donors (Lipinski definition) is 0. The summed E-state index contributed by atoms with van der Waals surface area (Å²) in [6, 6.07) is 0. The highest BCUT2D eigenvalue weighted by atomic mass is 79.9. The van der Waals surface area contributed by atoms with Gasteiger partial charge in [-0.25, -0.2) is 0 Å². The summed E-state index contributed by atoms with van der Waals surface area (Å²) < 4.78 is 6.06. The van der Waals surface area contributed by atoms with Crippen LogP contribution in [0.1, 0.15) is 27.7 Å². The molecule has 0 spiro atoms. The minimum atomic E-state index is -1.58. The zero-order valence-electron chi connectivity index (χ0n) is 9.98. The Morgan fingerprint density at radius 3 is 2.21 bits per heavy atom. The van der Waals surface area contributed by atoms with Gasteiger partial charge in [-0.2, -0.15) is 0 Å². The van der Waals surface area contributed by atoms with Gasteiger partial charge in [0.05, 0.1) is 6.61 Å². The van der Waals surface area contributed by atoms with Crippen LogP contribution in [0.4, 0.5) is 0 Å². The lowest BCUT2D eigenvalue weighted by atomic mass is 10.2. The predicted octanol–water partition coefficient (Wildman–Crippen LogP) is 4.96. The van der Waals surface area contributed by atoms with E-state index in [0.717, 1.165) is 6.61 Å². The third-order valence-electron chi connectivity index (χ3n) is 2.80. The van der Waals surface area contributed by atoms with Crippen LogP contribution in [0.3, 0.4) is 0 Å². The van der Waals surface area contributed by atoms with Gasteiger partial charge in [-0.1, -0.05) is 26.8 Å². The topological polar surface area (TPSA) is 9.23 Å². The zero-order valence-corrected chi connectivity index (χ0v) is 13.4. The third kappa shape index (κ3) is 4.51. The lowest BCUT2D eigenvalue weighted by Gasteiger charge is -2.36. The van der Waals surface area contributed by atoms with Crippen molar-refractivity contribution in [2.75, 3.05) is 6.61 Å². The molecule has 1 nitrogen and oxygen atoms in total. The van der Waals surface area contributed by atoms with Gasteiger partial charge >= 0.3 is 0 Å². The lowest BCUT2D eigenvalue weighted by molar-refractivity contribution is 0.325. The molecule has 84 valence electrons. The van der Waals surface area contributed by atoms with Crippen molar-refractivity contribution in [2.45, 2.75) is 45.8 Å². The summed E-state index contributed by atoms with van der Waals surface area (Å²) >= 11 is 3.38. The van der Waals surface area contributed by atoms with Crippen LogP contribution in [0.2, 0.25) is 18.1 Å². The largest absolute Gasteiger partial charge is 0.412 e. The molecule has 0 aromatic rings. The van der Waals surface area contributed by atoms with Gasteiger partial charge in [0.25, 0.3) is 0 Å². The molecule has 0 bridgehead atoms. The molecule has 0 aromatic carbocycles. The maximum absolute atomic E-state index is 6.06. The van der Waals surface area contributed by atoms with Crippen LogP contribution in [-0.4, -0.2) is 14.9 Å². The van der Waals surface area contributed by atoms with Crippen molar-refractivity contribution < 1.29 is 4.43 Å². The highest BCUT2D eigenvalue weighted by Crippen LogP contribution is 2.37. The van der Waals surface area contributed by atoms with Gasteiger partial charge in [0.15, 0.2) is 8.32 Å². The van der Waals surface area contributed by atoms with E-state index in [1.54, 1.807) is 10.2 Å². The van der Waals surface area contributed by atoms with Crippen molar-refractivity contribution in [1.82, 2.24) is 0 Å². The average molecular weight is 297 g/mol. The Balaban J connectivity index is 4.26. The van der Waals surface area contributed by atoms with Crippen LogP contribution >= 0.6 is 25.0 Å². The fourth-order valence-electron chi connectivity index (χ4n) is 0.618. The van der Waals surface area contributed by atoms with E-state index in [1.807, 2.05) is 6.92 Å². The number of rotatable bonds is 4. The van der Waals surface area contributed by atoms with E-state index >= 15 is 0 Å². The molecular formula is C10H21BrOSSi. The summed E-state index contributed by atoms with van der Waals surface area (Å²) in [5.74, 6) is 0. The van der Waals surface area contributed by atoms with Gasteiger partial charge in [-0.05, 0) is 50.1 Å². The molecule has 4 heteroatoms. The summed E-state index contributed by atoms with van der Waals surface area (Å²) in [5, 5.41) is 0.294. The monoisotopic (exact) mass is 296 g/mol. The van der Waals surface area contributed by atoms with Gasteiger partial charge in [-0.15, -0.1) is 0 Å². The Morgan fingerprint density at radius 1 is 1.43 bits per heavy atom. The van der Waals surface area contributed by atoms with E-state index < -0.39 is 8.32 Å². The van der Waals surface area contributed by atoms with Gasteiger partial charge in [0.2, 0.25) is 0 Å². The fourth-order valence-corrected chi connectivity index (χ4v) is 2.71. The first-order chi connectivity index (χ1) is 6.24. The summed E-state index contributed by atoms with van der Waals surface area (Å²) in [7, 11) is 0.0169. The molecule has 0 saturated heterocycles. The van der Waals surface area contributed by atoms with Crippen LogP contribution < -0.4 is 0 Å². The smallest absolute Gasteiger partial charge is 0.192 e. The van der Waals surface area contributed by atoms with Gasteiger partial charge in [0.1, 0.15) is 0 Å². The highest BCUT2D eigenvalue weighted by Gasteiger charge is 2.37. The Kier molecular flexibility index (Phi) is 6.03. The van der Waals surface area contributed by atoms with Crippen LogP contribution in [0.5, 0.6) is 0 Å². The molecule has 0 aliphatic rings. The van der Waals surface area contributed by atoms with Crippen LogP contribution in [0, 0.1) is 0 Å². The molecule has 0 aromatic heterocycles. The molecule has 0 N–H and O–H groups in total. The molecule has 0 aliphatic heterocycles. The van der Waals surface area contributed by atoms with Crippen molar-refractivity contribution in [3.05, 3.63) is 11.0 Å². The van der Waals surface area contributed by atoms with E-state index in [4.69, 9.17) is 4.43 Å². The van der Waals surface area contributed by atoms with Crippen LogP contribution in [0.15, 0.2) is 11.0 Å². The van der Waals surface area contributed by atoms with E-state index in [9.17, 15) is 0 Å². The van der Waals surface area contributed by atoms with Gasteiger partial charge in [-0.3, -0.25) is 0 Å². The third-order valence-corrected chi connectivity index (χ3v) is 9.08. The van der Waals surface area contributed by atoms with Crippen molar-refractivity contribution in [3.63, 3.8) is 0 Å². The molecule has 0 saturated carbocycles. The van der Waals surface area contributed by atoms with Gasteiger partial charge < -0.3 is 4.43 Å². The molecular weight excluding hydrogens is 276 g/mol.